The molecule has 0 amide bonds. The molecule has 2 atom stereocenters. The summed E-state index contributed by atoms with van der Waals surface area (Å²) >= 11 is 3.58. The van der Waals surface area contributed by atoms with Gasteiger partial charge in [-0.3, -0.25) is 0 Å². The predicted octanol–water partition coefficient (Wildman–Crippen LogP) is 4.71. The molecule has 0 saturated heterocycles. The van der Waals surface area contributed by atoms with E-state index in [2.05, 4.69) is 52.4 Å². The highest BCUT2D eigenvalue weighted by atomic mass is 79.9. The van der Waals surface area contributed by atoms with E-state index in [1.807, 2.05) is 6.07 Å². The highest BCUT2D eigenvalue weighted by Crippen LogP contribution is 2.37. The summed E-state index contributed by atoms with van der Waals surface area (Å²) in [6.07, 6.45) is 1.88. The van der Waals surface area contributed by atoms with Crippen LogP contribution in [0.25, 0.3) is 0 Å². The minimum atomic E-state index is 0. The van der Waals surface area contributed by atoms with Crippen LogP contribution < -0.4 is 19.5 Å². The molecule has 26 heavy (non-hydrogen) atoms. The molecule has 0 aromatic heterocycles. The maximum atomic E-state index is 5.50. The average Bonchev–Trinajstić information content (AvgIpc) is 2.60. The first-order valence-corrected chi connectivity index (χ1v) is 9.18. The summed E-state index contributed by atoms with van der Waals surface area (Å²) in [6, 6.07) is 11.1. The molecule has 0 bridgehead atoms. The average molecular weight is 443 g/mol. The first kappa shape index (κ1) is 20.9. The highest BCUT2D eigenvalue weighted by molar-refractivity contribution is 9.10. The molecule has 6 heteroatoms. The Labute approximate surface area is 169 Å². The number of methoxy groups -OCH3 is 3. The quantitative estimate of drug-likeness (QED) is 0.727. The van der Waals surface area contributed by atoms with Crippen LogP contribution in [0, 0.1) is 0 Å². The molecule has 0 saturated carbocycles. The molecule has 1 heterocycles. The van der Waals surface area contributed by atoms with Gasteiger partial charge in [-0.05, 0) is 76.7 Å². The zero-order valence-corrected chi connectivity index (χ0v) is 17.9. The molecule has 1 aliphatic heterocycles. The fraction of sp³-hybridized carbons (Fsp3) is 0.400. The summed E-state index contributed by atoms with van der Waals surface area (Å²) in [5.74, 6) is 2.42. The topological polar surface area (TPSA) is 39.7 Å². The van der Waals surface area contributed by atoms with Gasteiger partial charge >= 0.3 is 0 Å². The summed E-state index contributed by atoms with van der Waals surface area (Å²) < 4.78 is 17.3. The maximum absolute atomic E-state index is 5.50. The van der Waals surface area contributed by atoms with Gasteiger partial charge in [0.05, 0.1) is 25.8 Å². The number of rotatable bonds is 5. The van der Waals surface area contributed by atoms with Crippen molar-refractivity contribution in [3.8, 4) is 17.2 Å². The Kier molecular flexibility index (Phi) is 7.21. The summed E-state index contributed by atoms with van der Waals surface area (Å²) in [5.41, 5.74) is 3.85. The Morgan fingerprint density at radius 2 is 1.65 bits per heavy atom. The van der Waals surface area contributed by atoms with E-state index in [4.69, 9.17) is 14.2 Å². The van der Waals surface area contributed by atoms with Crippen molar-refractivity contribution in [3.05, 3.63) is 51.5 Å². The van der Waals surface area contributed by atoms with Gasteiger partial charge in [0.15, 0.2) is 11.5 Å². The van der Waals surface area contributed by atoms with Gasteiger partial charge in [0, 0.05) is 12.1 Å². The van der Waals surface area contributed by atoms with E-state index in [1.54, 1.807) is 21.3 Å². The normalized spacial score (nSPS) is 18.5. The van der Waals surface area contributed by atoms with E-state index < -0.39 is 0 Å². The fourth-order valence-corrected chi connectivity index (χ4v) is 4.09. The van der Waals surface area contributed by atoms with Crippen molar-refractivity contribution in [1.82, 2.24) is 5.32 Å². The van der Waals surface area contributed by atoms with Gasteiger partial charge in [0.2, 0.25) is 0 Å². The molecule has 0 aliphatic carbocycles. The molecule has 1 unspecified atom stereocenters. The largest absolute Gasteiger partial charge is 0.496 e. The van der Waals surface area contributed by atoms with E-state index in [-0.39, 0.29) is 18.4 Å². The maximum Gasteiger partial charge on any atom is 0.161 e. The molecule has 0 spiro atoms. The van der Waals surface area contributed by atoms with E-state index in [9.17, 15) is 0 Å². The van der Waals surface area contributed by atoms with E-state index in [1.165, 1.54) is 16.7 Å². The summed E-state index contributed by atoms with van der Waals surface area (Å²) in [7, 11) is 5.04. The van der Waals surface area contributed by atoms with Gasteiger partial charge in [-0.15, -0.1) is 12.4 Å². The lowest BCUT2D eigenvalue weighted by atomic mass is 9.87. The lowest BCUT2D eigenvalue weighted by Crippen LogP contribution is -2.38. The van der Waals surface area contributed by atoms with Crippen molar-refractivity contribution in [2.45, 2.75) is 31.8 Å². The van der Waals surface area contributed by atoms with Crippen LogP contribution in [0.4, 0.5) is 0 Å². The molecular formula is C20H25BrClNO3. The van der Waals surface area contributed by atoms with Gasteiger partial charge < -0.3 is 19.5 Å². The van der Waals surface area contributed by atoms with Gasteiger partial charge in [0.25, 0.3) is 0 Å². The Morgan fingerprint density at radius 3 is 2.27 bits per heavy atom. The van der Waals surface area contributed by atoms with Crippen molar-refractivity contribution < 1.29 is 14.2 Å². The van der Waals surface area contributed by atoms with Gasteiger partial charge in [-0.1, -0.05) is 6.07 Å². The van der Waals surface area contributed by atoms with Crippen LogP contribution in [0.1, 0.15) is 29.7 Å². The summed E-state index contributed by atoms with van der Waals surface area (Å²) in [6.45, 7) is 2.22. The number of fused-ring (bicyclic) bond motifs is 1. The van der Waals surface area contributed by atoms with E-state index in [0.29, 0.717) is 6.04 Å². The number of benzene rings is 2. The zero-order chi connectivity index (χ0) is 18.0. The number of ether oxygens (including phenoxy) is 3. The standard InChI is InChI=1S/C20H24BrNO3.ClH/c1-12-7-14-10-19(24-3)20(25-4)11-15(14)17(22-12)9-13-5-6-18(23-2)16(21)8-13;/h5-6,8,10-12,17,22H,7,9H2,1-4H3;1H/t12-,17?;/m0./s1. The fourth-order valence-electron chi connectivity index (χ4n) is 3.50. The third-order valence-corrected chi connectivity index (χ3v) is 5.31. The molecule has 2 aromatic rings. The van der Waals surface area contributed by atoms with Crippen molar-refractivity contribution in [2.24, 2.45) is 0 Å². The smallest absolute Gasteiger partial charge is 0.161 e. The molecule has 0 fully saturated rings. The monoisotopic (exact) mass is 441 g/mol. The predicted molar refractivity (Wildman–Crippen MR) is 110 cm³/mol. The molecule has 2 aromatic carbocycles. The van der Waals surface area contributed by atoms with Crippen LogP contribution >= 0.6 is 28.3 Å². The lowest BCUT2D eigenvalue weighted by Gasteiger charge is -2.32. The SMILES string of the molecule is COc1ccc(CC2N[C@@H](C)Cc3cc(OC)c(OC)cc32)cc1Br.Cl. The second-order valence-electron chi connectivity index (χ2n) is 6.40. The minimum absolute atomic E-state index is 0. The van der Waals surface area contributed by atoms with Crippen LogP contribution in [-0.4, -0.2) is 27.4 Å². The summed E-state index contributed by atoms with van der Waals surface area (Å²) in [5, 5.41) is 3.71. The van der Waals surface area contributed by atoms with Crippen LogP contribution in [-0.2, 0) is 12.8 Å². The number of hydrogen-bond acceptors (Lipinski definition) is 4. The van der Waals surface area contributed by atoms with Crippen LogP contribution in [0.5, 0.6) is 17.2 Å². The number of hydrogen-bond donors (Lipinski definition) is 1. The Morgan fingerprint density at radius 1 is 1.00 bits per heavy atom. The second-order valence-corrected chi connectivity index (χ2v) is 7.26. The third-order valence-electron chi connectivity index (χ3n) is 4.69. The first-order valence-electron chi connectivity index (χ1n) is 8.39. The van der Waals surface area contributed by atoms with Crippen molar-refractivity contribution >= 4 is 28.3 Å². The Hall–Kier alpha value is -1.43. The molecule has 0 radical (unpaired) electrons. The highest BCUT2D eigenvalue weighted by Gasteiger charge is 2.26. The van der Waals surface area contributed by atoms with Gasteiger partial charge in [-0.25, -0.2) is 0 Å². The molecule has 1 aliphatic rings. The minimum Gasteiger partial charge on any atom is -0.496 e. The van der Waals surface area contributed by atoms with E-state index in [0.717, 1.165) is 34.6 Å². The zero-order valence-electron chi connectivity index (χ0n) is 15.5. The Bertz CT molecular complexity index is 769. The third kappa shape index (κ3) is 4.27. The number of halogens is 2. The van der Waals surface area contributed by atoms with Gasteiger partial charge in [-0.2, -0.15) is 0 Å². The van der Waals surface area contributed by atoms with Crippen LogP contribution in [0.3, 0.4) is 0 Å². The summed E-state index contributed by atoms with van der Waals surface area (Å²) in [4.78, 5) is 0. The molecule has 1 N–H and O–H groups in total. The van der Waals surface area contributed by atoms with Crippen molar-refractivity contribution in [1.29, 1.82) is 0 Å². The van der Waals surface area contributed by atoms with E-state index >= 15 is 0 Å². The second kappa shape index (κ2) is 8.98. The first-order chi connectivity index (χ1) is 12.0. The van der Waals surface area contributed by atoms with Crippen molar-refractivity contribution in [2.75, 3.05) is 21.3 Å². The van der Waals surface area contributed by atoms with Crippen molar-refractivity contribution in [3.63, 3.8) is 0 Å². The molecule has 3 rings (SSSR count). The van der Waals surface area contributed by atoms with Gasteiger partial charge in [0.1, 0.15) is 5.75 Å². The number of nitrogens with one attached hydrogen (secondary N) is 1. The van der Waals surface area contributed by atoms with Crippen LogP contribution in [0.15, 0.2) is 34.8 Å². The molecular weight excluding hydrogens is 418 g/mol. The Balaban J connectivity index is 0.00000243. The lowest BCUT2D eigenvalue weighted by molar-refractivity contribution is 0.349. The molecule has 142 valence electrons. The van der Waals surface area contributed by atoms with Crippen LogP contribution in [0.2, 0.25) is 0 Å². The molecule has 4 nitrogen and oxygen atoms in total.